The van der Waals surface area contributed by atoms with Gasteiger partial charge in [0.25, 0.3) is 5.91 Å². The number of alkyl halides is 3. The van der Waals surface area contributed by atoms with Crippen molar-refractivity contribution >= 4 is 18.3 Å². The average molecular weight is 421 g/mol. The lowest BCUT2D eigenvalue weighted by Gasteiger charge is -2.23. The van der Waals surface area contributed by atoms with Crippen LogP contribution in [0.2, 0.25) is 0 Å². The molecular formula is C18H21ClF4N4O. The summed E-state index contributed by atoms with van der Waals surface area (Å²) in [6.45, 7) is 1.66. The third-order valence-electron chi connectivity index (χ3n) is 4.50. The molecule has 0 radical (unpaired) electrons. The number of nitrogens with one attached hydrogen (secondary N) is 2. The second kappa shape index (κ2) is 9.38. The van der Waals surface area contributed by atoms with Crippen molar-refractivity contribution in [2.24, 2.45) is 0 Å². The Morgan fingerprint density at radius 1 is 1.29 bits per heavy atom. The third-order valence-corrected chi connectivity index (χ3v) is 4.50. The number of hydrogen-bond donors (Lipinski definition) is 2. The normalized spacial score (nSPS) is 18.2. The van der Waals surface area contributed by atoms with Crippen LogP contribution in [0.1, 0.15) is 47.4 Å². The van der Waals surface area contributed by atoms with E-state index in [0.29, 0.717) is 0 Å². The molecule has 0 saturated carbocycles. The first-order valence-electron chi connectivity index (χ1n) is 8.71. The van der Waals surface area contributed by atoms with Crippen LogP contribution in [-0.2, 0) is 0 Å². The van der Waals surface area contributed by atoms with Crippen LogP contribution in [0.5, 0.6) is 0 Å². The topological polar surface area (TPSA) is 59.0 Å². The van der Waals surface area contributed by atoms with E-state index in [0.717, 1.165) is 38.1 Å². The molecule has 2 heterocycles. The van der Waals surface area contributed by atoms with E-state index < -0.39 is 30.4 Å². The number of carbonyl (C=O) groups is 1. The van der Waals surface area contributed by atoms with E-state index in [1.807, 2.05) is 0 Å². The van der Waals surface area contributed by atoms with Crippen LogP contribution < -0.4 is 10.6 Å². The van der Waals surface area contributed by atoms with E-state index in [4.69, 9.17) is 0 Å². The highest BCUT2D eigenvalue weighted by atomic mass is 35.5. The number of hydrogen-bond acceptors (Lipinski definition) is 3. The molecule has 1 amide bonds. The van der Waals surface area contributed by atoms with Crippen LogP contribution in [0.3, 0.4) is 0 Å². The Bertz CT molecular complexity index is 773. The number of carbonyl (C=O) groups excluding carboxylic acids is 1. The number of nitrogens with zero attached hydrogens (tertiary/aromatic N) is 2. The molecule has 3 rings (SSSR count). The maximum absolute atomic E-state index is 13.1. The maximum Gasteiger partial charge on any atom is 0.391 e. The number of benzene rings is 1. The molecule has 2 aromatic rings. The smallest absolute Gasteiger partial charge is 0.343 e. The molecular weight excluding hydrogens is 400 g/mol. The SMILES string of the molecule is Cl.O=C(NC(CC(F)(F)F)c1ccc(F)cc1)c1ccn(C2CCCNC2)n1. The number of aromatic nitrogens is 2. The minimum absolute atomic E-state index is 0. The Labute approximate surface area is 165 Å². The number of piperidine rings is 1. The highest BCUT2D eigenvalue weighted by molar-refractivity contribution is 5.92. The molecule has 5 nitrogen and oxygen atoms in total. The predicted molar refractivity (Wildman–Crippen MR) is 97.9 cm³/mol. The fourth-order valence-electron chi connectivity index (χ4n) is 3.13. The van der Waals surface area contributed by atoms with Crippen molar-refractivity contribution in [2.45, 2.75) is 37.5 Å². The van der Waals surface area contributed by atoms with Gasteiger partial charge in [-0.15, -0.1) is 12.4 Å². The van der Waals surface area contributed by atoms with Gasteiger partial charge < -0.3 is 10.6 Å². The Hall–Kier alpha value is -2.13. The predicted octanol–water partition coefficient (Wildman–Crippen LogP) is 3.79. The molecule has 10 heteroatoms. The summed E-state index contributed by atoms with van der Waals surface area (Å²) < 4.78 is 53.5. The van der Waals surface area contributed by atoms with E-state index in [1.54, 1.807) is 10.9 Å². The lowest BCUT2D eigenvalue weighted by atomic mass is 10.0. The number of amides is 1. The van der Waals surface area contributed by atoms with Gasteiger partial charge in [-0.3, -0.25) is 9.48 Å². The van der Waals surface area contributed by atoms with Gasteiger partial charge in [-0.2, -0.15) is 18.3 Å². The molecule has 28 heavy (non-hydrogen) atoms. The van der Waals surface area contributed by atoms with Gasteiger partial charge in [0.15, 0.2) is 0 Å². The van der Waals surface area contributed by atoms with Crippen molar-refractivity contribution in [2.75, 3.05) is 13.1 Å². The third kappa shape index (κ3) is 5.93. The van der Waals surface area contributed by atoms with Gasteiger partial charge in [0, 0.05) is 12.7 Å². The monoisotopic (exact) mass is 420 g/mol. The Morgan fingerprint density at radius 2 is 2.00 bits per heavy atom. The Balaban J connectivity index is 0.00000280. The summed E-state index contributed by atoms with van der Waals surface area (Å²) in [6, 6.07) is 4.88. The maximum atomic E-state index is 13.1. The van der Waals surface area contributed by atoms with Crippen molar-refractivity contribution in [3.8, 4) is 0 Å². The first-order chi connectivity index (χ1) is 12.8. The number of rotatable bonds is 5. The van der Waals surface area contributed by atoms with Gasteiger partial charge in [-0.05, 0) is 43.1 Å². The largest absolute Gasteiger partial charge is 0.391 e. The fraction of sp³-hybridized carbons (Fsp3) is 0.444. The zero-order chi connectivity index (χ0) is 19.4. The highest BCUT2D eigenvalue weighted by Gasteiger charge is 2.34. The van der Waals surface area contributed by atoms with Gasteiger partial charge in [0.2, 0.25) is 0 Å². The average Bonchev–Trinajstić information content (AvgIpc) is 3.12. The van der Waals surface area contributed by atoms with Gasteiger partial charge >= 0.3 is 6.18 Å². The van der Waals surface area contributed by atoms with Crippen LogP contribution in [0.25, 0.3) is 0 Å². The Kier molecular flexibility index (Phi) is 7.42. The van der Waals surface area contributed by atoms with Gasteiger partial charge in [-0.1, -0.05) is 12.1 Å². The van der Waals surface area contributed by atoms with Crippen molar-refractivity contribution in [3.05, 3.63) is 53.6 Å². The molecule has 1 aromatic heterocycles. The summed E-state index contributed by atoms with van der Waals surface area (Å²) in [6.07, 6.45) is -2.17. The van der Waals surface area contributed by atoms with Crippen LogP contribution in [0, 0.1) is 5.82 Å². The first-order valence-corrected chi connectivity index (χ1v) is 8.71. The summed E-state index contributed by atoms with van der Waals surface area (Å²) >= 11 is 0. The standard InChI is InChI=1S/C18H20F4N4O.ClH/c19-13-5-3-12(4-6-13)16(10-18(20,21)22)24-17(27)15-7-9-26(25-15)14-2-1-8-23-11-14;/h3-7,9,14,16,23H,1-2,8,10-11H2,(H,24,27);1H. The van der Waals surface area contributed by atoms with Gasteiger partial charge in [-0.25, -0.2) is 4.39 Å². The molecule has 1 aliphatic rings. The minimum atomic E-state index is -4.49. The van der Waals surface area contributed by atoms with Crippen molar-refractivity contribution in [1.29, 1.82) is 0 Å². The zero-order valence-electron chi connectivity index (χ0n) is 14.9. The molecule has 1 saturated heterocycles. The van der Waals surface area contributed by atoms with Crippen molar-refractivity contribution < 1.29 is 22.4 Å². The van der Waals surface area contributed by atoms with E-state index in [-0.39, 0.29) is 29.7 Å². The summed E-state index contributed by atoms with van der Waals surface area (Å²) in [5, 5.41) is 9.82. The van der Waals surface area contributed by atoms with Gasteiger partial charge in [0.05, 0.1) is 18.5 Å². The lowest BCUT2D eigenvalue weighted by molar-refractivity contribution is -0.139. The molecule has 154 valence electrons. The fourth-order valence-corrected chi connectivity index (χ4v) is 3.13. The first kappa shape index (κ1) is 22.2. The molecule has 1 aromatic carbocycles. The van der Waals surface area contributed by atoms with Crippen LogP contribution >= 0.6 is 12.4 Å². The molecule has 0 bridgehead atoms. The molecule has 2 atom stereocenters. The van der Waals surface area contributed by atoms with Crippen molar-refractivity contribution in [1.82, 2.24) is 20.4 Å². The van der Waals surface area contributed by atoms with E-state index >= 15 is 0 Å². The second-order valence-electron chi connectivity index (χ2n) is 6.58. The summed E-state index contributed by atoms with van der Waals surface area (Å²) in [4.78, 5) is 12.4. The van der Waals surface area contributed by atoms with Gasteiger partial charge in [0.1, 0.15) is 11.5 Å². The molecule has 2 N–H and O–H groups in total. The summed E-state index contributed by atoms with van der Waals surface area (Å²) in [7, 11) is 0. The lowest BCUT2D eigenvalue weighted by Crippen LogP contribution is -2.33. The minimum Gasteiger partial charge on any atom is -0.343 e. The molecule has 1 fully saturated rings. The summed E-state index contributed by atoms with van der Waals surface area (Å²) in [5.74, 6) is -1.26. The van der Waals surface area contributed by atoms with Crippen LogP contribution in [0.4, 0.5) is 17.6 Å². The Morgan fingerprint density at radius 3 is 2.61 bits per heavy atom. The van der Waals surface area contributed by atoms with Crippen LogP contribution in [0.15, 0.2) is 36.5 Å². The quantitative estimate of drug-likeness (QED) is 0.723. The molecule has 0 spiro atoms. The van der Waals surface area contributed by atoms with E-state index in [9.17, 15) is 22.4 Å². The van der Waals surface area contributed by atoms with Crippen LogP contribution in [-0.4, -0.2) is 35.0 Å². The van der Waals surface area contributed by atoms with E-state index in [1.165, 1.54) is 18.2 Å². The second-order valence-corrected chi connectivity index (χ2v) is 6.58. The summed E-state index contributed by atoms with van der Waals surface area (Å²) in [5.41, 5.74) is 0.229. The van der Waals surface area contributed by atoms with E-state index in [2.05, 4.69) is 15.7 Å². The number of halogens is 5. The van der Waals surface area contributed by atoms with Crippen molar-refractivity contribution in [3.63, 3.8) is 0 Å². The highest BCUT2D eigenvalue weighted by Crippen LogP contribution is 2.30. The molecule has 2 unspecified atom stereocenters. The zero-order valence-corrected chi connectivity index (χ0v) is 15.7. The molecule has 1 aliphatic heterocycles. The molecule has 0 aliphatic carbocycles.